The van der Waals surface area contributed by atoms with Crippen molar-refractivity contribution in [3.8, 4) is 5.75 Å². The summed E-state index contributed by atoms with van der Waals surface area (Å²) in [6.45, 7) is 5.70. The number of aryl methyl sites for hydroxylation is 2. The Balaban J connectivity index is 2.04. The van der Waals surface area contributed by atoms with Crippen molar-refractivity contribution in [3.63, 3.8) is 0 Å². The van der Waals surface area contributed by atoms with Gasteiger partial charge in [0.05, 0.1) is 12.8 Å². The Kier molecular flexibility index (Phi) is 5.57. The van der Waals surface area contributed by atoms with Crippen LogP contribution in [0.2, 0.25) is 0 Å². The Morgan fingerprint density at radius 2 is 2.04 bits per heavy atom. The topological polar surface area (TPSA) is 82.5 Å². The molecule has 0 atom stereocenters. The number of rotatable bonds is 6. The lowest BCUT2D eigenvalue weighted by molar-refractivity contribution is -0.118. The molecular weight excluding hydrogens is 310 g/mol. The maximum atomic E-state index is 12.1. The molecular formula is C17H21N3O4. The third-order valence-electron chi connectivity index (χ3n) is 3.61. The number of hydrogen-bond donors (Lipinski definition) is 1. The highest BCUT2D eigenvalue weighted by molar-refractivity contribution is 6.00. The number of anilines is 1. The smallest absolute Gasteiger partial charge is 0.343 e. The summed E-state index contributed by atoms with van der Waals surface area (Å²) in [6.07, 6.45) is 1.36. The molecule has 0 saturated carbocycles. The van der Waals surface area contributed by atoms with Gasteiger partial charge in [0.2, 0.25) is 0 Å². The molecule has 1 amide bonds. The Bertz CT molecular complexity index is 752. The van der Waals surface area contributed by atoms with Crippen LogP contribution in [0.5, 0.6) is 5.75 Å². The van der Waals surface area contributed by atoms with Gasteiger partial charge in [-0.25, -0.2) is 4.79 Å². The molecule has 7 heteroatoms. The fourth-order valence-corrected chi connectivity index (χ4v) is 2.14. The summed E-state index contributed by atoms with van der Waals surface area (Å²) in [7, 11) is 1.63. The Morgan fingerprint density at radius 3 is 2.75 bits per heavy atom. The van der Waals surface area contributed by atoms with E-state index in [2.05, 4.69) is 10.4 Å². The van der Waals surface area contributed by atoms with Crippen LogP contribution in [0.3, 0.4) is 0 Å². The van der Waals surface area contributed by atoms with Crippen molar-refractivity contribution in [2.24, 2.45) is 7.05 Å². The summed E-state index contributed by atoms with van der Waals surface area (Å²) in [5.41, 5.74) is 2.28. The van der Waals surface area contributed by atoms with Crippen LogP contribution < -0.4 is 10.1 Å². The fraction of sp³-hybridized carbons (Fsp3) is 0.353. The average molecular weight is 331 g/mol. The number of aromatic nitrogens is 2. The van der Waals surface area contributed by atoms with E-state index in [1.54, 1.807) is 14.0 Å². The number of hydrogen-bond acceptors (Lipinski definition) is 5. The average Bonchev–Trinajstić information content (AvgIpc) is 2.90. The number of nitrogens with zero attached hydrogens (tertiary/aromatic N) is 2. The van der Waals surface area contributed by atoms with Crippen LogP contribution in [-0.2, 0) is 16.6 Å². The number of esters is 1. The van der Waals surface area contributed by atoms with E-state index >= 15 is 0 Å². The van der Waals surface area contributed by atoms with Gasteiger partial charge < -0.3 is 14.8 Å². The van der Waals surface area contributed by atoms with Crippen molar-refractivity contribution in [2.45, 2.75) is 20.8 Å². The van der Waals surface area contributed by atoms with Crippen molar-refractivity contribution >= 4 is 17.7 Å². The lowest BCUT2D eigenvalue weighted by Gasteiger charge is -2.12. The Labute approximate surface area is 140 Å². The zero-order chi connectivity index (χ0) is 17.7. The zero-order valence-electron chi connectivity index (χ0n) is 14.3. The molecule has 0 aliphatic rings. The summed E-state index contributed by atoms with van der Waals surface area (Å²) in [4.78, 5) is 24.0. The fourth-order valence-electron chi connectivity index (χ4n) is 2.14. The summed E-state index contributed by atoms with van der Waals surface area (Å²) >= 11 is 0. The molecule has 0 saturated heterocycles. The molecule has 0 aliphatic heterocycles. The Hall–Kier alpha value is -2.83. The molecule has 0 fully saturated rings. The lowest BCUT2D eigenvalue weighted by Crippen LogP contribution is -2.23. The first-order valence-electron chi connectivity index (χ1n) is 7.62. The molecule has 1 heterocycles. The quantitative estimate of drug-likeness (QED) is 0.821. The van der Waals surface area contributed by atoms with Gasteiger partial charge in [0.15, 0.2) is 6.61 Å². The van der Waals surface area contributed by atoms with Gasteiger partial charge in [-0.1, -0.05) is 12.1 Å². The van der Waals surface area contributed by atoms with Crippen LogP contribution in [0.4, 0.5) is 5.82 Å². The van der Waals surface area contributed by atoms with E-state index in [0.29, 0.717) is 5.75 Å². The van der Waals surface area contributed by atoms with Crippen LogP contribution in [-0.4, -0.2) is 34.9 Å². The molecule has 7 nitrogen and oxygen atoms in total. The van der Waals surface area contributed by atoms with E-state index in [-0.39, 0.29) is 30.5 Å². The summed E-state index contributed by atoms with van der Waals surface area (Å²) in [5.74, 6) is 0.0187. The summed E-state index contributed by atoms with van der Waals surface area (Å²) < 4.78 is 11.9. The first kappa shape index (κ1) is 17.5. The van der Waals surface area contributed by atoms with Crippen molar-refractivity contribution < 1.29 is 19.1 Å². The highest BCUT2D eigenvalue weighted by atomic mass is 16.5. The standard InChI is InChI=1S/C17H21N3O4/c1-5-23-17(22)13-9-18-20(4)16(13)19-15(21)10-24-14-8-6-7-11(2)12(14)3/h6-9H,5,10H2,1-4H3,(H,19,21). The first-order valence-corrected chi connectivity index (χ1v) is 7.62. The maximum absolute atomic E-state index is 12.1. The second-order valence-corrected chi connectivity index (χ2v) is 5.29. The third-order valence-corrected chi connectivity index (χ3v) is 3.61. The van der Waals surface area contributed by atoms with E-state index in [4.69, 9.17) is 9.47 Å². The predicted molar refractivity (Wildman–Crippen MR) is 89.2 cm³/mol. The normalized spacial score (nSPS) is 10.3. The SMILES string of the molecule is CCOC(=O)c1cnn(C)c1NC(=O)COc1cccc(C)c1C. The molecule has 0 radical (unpaired) electrons. The molecule has 0 spiro atoms. The van der Waals surface area contributed by atoms with Gasteiger partial charge in [0.25, 0.3) is 5.91 Å². The van der Waals surface area contributed by atoms with E-state index in [9.17, 15) is 9.59 Å². The molecule has 1 aromatic heterocycles. The monoisotopic (exact) mass is 331 g/mol. The molecule has 0 bridgehead atoms. The van der Waals surface area contributed by atoms with Crippen molar-refractivity contribution in [1.82, 2.24) is 9.78 Å². The van der Waals surface area contributed by atoms with Gasteiger partial charge in [0, 0.05) is 7.05 Å². The van der Waals surface area contributed by atoms with E-state index in [1.165, 1.54) is 10.9 Å². The minimum absolute atomic E-state index is 0.169. The highest BCUT2D eigenvalue weighted by Gasteiger charge is 2.19. The number of carbonyl (C=O) groups is 2. The number of ether oxygens (including phenoxy) is 2. The van der Waals surface area contributed by atoms with Crippen LogP contribution in [0.1, 0.15) is 28.4 Å². The molecule has 1 N–H and O–H groups in total. The summed E-state index contributed by atoms with van der Waals surface area (Å²) in [6, 6.07) is 5.66. The molecule has 1 aromatic carbocycles. The second-order valence-electron chi connectivity index (χ2n) is 5.29. The van der Waals surface area contributed by atoms with Crippen molar-refractivity contribution in [2.75, 3.05) is 18.5 Å². The molecule has 2 rings (SSSR count). The molecule has 0 unspecified atom stereocenters. The van der Waals surface area contributed by atoms with Gasteiger partial charge in [-0.3, -0.25) is 9.48 Å². The second kappa shape index (κ2) is 7.63. The zero-order valence-corrected chi connectivity index (χ0v) is 14.3. The number of nitrogens with one attached hydrogen (secondary N) is 1. The van der Waals surface area contributed by atoms with E-state index in [1.807, 2.05) is 32.0 Å². The Morgan fingerprint density at radius 1 is 1.29 bits per heavy atom. The minimum Gasteiger partial charge on any atom is -0.483 e. The first-order chi connectivity index (χ1) is 11.4. The van der Waals surface area contributed by atoms with Gasteiger partial charge in [-0.2, -0.15) is 5.10 Å². The third kappa shape index (κ3) is 3.92. The number of amides is 1. The van der Waals surface area contributed by atoms with Crippen LogP contribution in [0.25, 0.3) is 0 Å². The van der Waals surface area contributed by atoms with Gasteiger partial charge in [-0.15, -0.1) is 0 Å². The predicted octanol–water partition coefficient (Wildman–Crippen LogP) is 2.23. The van der Waals surface area contributed by atoms with Crippen LogP contribution in [0, 0.1) is 13.8 Å². The molecule has 2 aromatic rings. The molecule has 128 valence electrons. The number of benzene rings is 1. The summed E-state index contributed by atoms with van der Waals surface area (Å²) in [5, 5.41) is 6.62. The van der Waals surface area contributed by atoms with Crippen molar-refractivity contribution in [1.29, 1.82) is 0 Å². The number of carbonyl (C=O) groups excluding carboxylic acids is 2. The highest BCUT2D eigenvalue weighted by Crippen LogP contribution is 2.21. The van der Waals surface area contributed by atoms with E-state index < -0.39 is 5.97 Å². The van der Waals surface area contributed by atoms with Gasteiger partial charge in [0.1, 0.15) is 17.1 Å². The maximum Gasteiger partial charge on any atom is 0.343 e. The van der Waals surface area contributed by atoms with Crippen LogP contribution >= 0.6 is 0 Å². The minimum atomic E-state index is -0.531. The van der Waals surface area contributed by atoms with Crippen LogP contribution in [0.15, 0.2) is 24.4 Å². The van der Waals surface area contributed by atoms with E-state index in [0.717, 1.165) is 11.1 Å². The largest absolute Gasteiger partial charge is 0.483 e. The molecule has 0 aliphatic carbocycles. The molecule has 24 heavy (non-hydrogen) atoms. The van der Waals surface area contributed by atoms with Gasteiger partial charge >= 0.3 is 5.97 Å². The lowest BCUT2D eigenvalue weighted by atomic mass is 10.1. The van der Waals surface area contributed by atoms with Gasteiger partial charge in [-0.05, 0) is 38.0 Å². The van der Waals surface area contributed by atoms with Crippen molar-refractivity contribution in [3.05, 3.63) is 41.1 Å².